The summed E-state index contributed by atoms with van der Waals surface area (Å²) in [5.41, 5.74) is 1.49. The minimum absolute atomic E-state index is 0.890. The Morgan fingerprint density at radius 3 is 1.75 bits per heavy atom. The highest BCUT2D eigenvalue weighted by Gasteiger charge is 2.04. The van der Waals surface area contributed by atoms with Gasteiger partial charge in [-0.05, 0) is 37.5 Å². The fourth-order valence-electron chi connectivity index (χ4n) is 2.84. The number of rotatable bonds is 14. The average Bonchev–Trinajstić information content (AvgIpc) is 2.45. The van der Waals surface area contributed by atoms with E-state index in [9.17, 15) is 0 Å². The maximum atomic E-state index is 4.27. The molecule has 0 aromatic heterocycles. The first-order chi connectivity index (χ1) is 9.60. The number of unbranched alkanes of at least 4 members (excludes halogenated alkanes) is 3. The van der Waals surface area contributed by atoms with Crippen LogP contribution in [0.25, 0.3) is 0 Å². The van der Waals surface area contributed by atoms with Gasteiger partial charge < -0.3 is 0 Å². The molecule has 0 nitrogen and oxygen atoms in total. The molecule has 0 rings (SSSR count). The van der Waals surface area contributed by atoms with Crippen LogP contribution in [0.2, 0.25) is 0 Å². The van der Waals surface area contributed by atoms with Gasteiger partial charge in [-0.3, -0.25) is 0 Å². The molecule has 0 N–H and O–H groups in total. The second-order valence-electron chi connectivity index (χ2n) is 7.03. The van der Waals surface area contributed by atoms with Crippen LogP contribution in [-0.4, -0.2) is 0 Å². The predicted molar refractivity (Wildman–Crippen MR) is 94.2 cm³/mol. The van der Waals surface area contributed by atoms with Crippen molar-refractivity contribution in [1.29, 1.82) is 0 Å². The van der Waals surface area contributed by atoms with E-state index in [0.29, 0.717) is 0 Å². The first-order valence-electron chi connectivity index (χ1n) is 9.26. The van der Waals surface area contributed by atoms with Crippen molar-refractivity contribution in [3.63, 3.8) is 0 Å². The van der Waals surface area contributed by atoms with Gasteiger partial charge in [-0.2, -0.15) is 0 Å². The molecule has 0 heterocycles. The van der Waals surface area contributed by atoms with Crippen molar-refractivity contribution in [3.8, 4) is 0 Å². The van der Waals surface area contributed by atoms with Gasteiger partial charge in [-0.15, -0.1) is 0 Å². The van der Waals surface area contributed by atoms with Crippen LogP contribution in [0.15, 0.2) is 12.2 Å². The van der Waals surface area contributed by atoms with Crippen LogP contribution < -0.4 is 0 Å². The molecule has 0 aromatic rings. The van der Waals surface area contributed by atoms with Gasteiger partial charge in [-0.25, -0.2) is 0 Å². The van der Waals surface area contributed by atoms with Crippen molar-refractivity contribution in [2.75, 3.05) is 0 Å². The maximum absolute atomic E-state index is 4.27. The first-order valence-corrected chi connectivity index (χ1v) is 9.26. The highest BCUT2D eigenvalue weighted by Crippen LogP contribution is 2.21. The largest absolute Gasteiger partial charge is 0.0999 e. The summed E-state index contributed by atoms with van der Waals surface area (Å²) in [5.74, 6) is 1.82. The molecule has 2 atom stereocenters. The standard InChI is InChI=1S/C20H40/c1-6-8-12-18(3)14-10-11-15-20(5)17-16-19(4)13-9-7-2/h18-19H,5-17H2,1-4H3. The molecule has 0 heteroatoms. The second-order valence-corrected chi connectivity index (χ2v) is 7.03. The molecule has 0 saturated heterocycles. The number of hydrogen-bond acceptors (Lipinski definition) is 0. The summed E-state index contributed by atoms with van der Waals surface area (Å²) < 4.78 is 0. The van der Waals surface area contributed by atoms with Crippen molar-refractivity contribution in [3.05, 3.63) is 12.2 Å². The third-order valence-electron chi connectivity index (χ3n) is 4.57. The third-order valence-corrected chi connectivity index (χ3v) is 4.57. The minimum atomic E-state index is 0.890. The van der Waals surface area contributed by atoms with Crippen LogP contribution in [0.4, 0.5) is 0 Å². The topological polar surface area (TPSA) is 0 Å². The molecule has 20 heavy (non-hydrogen) atoms. The molecule has 0 aromatic carbocycles. The molecule has 0 amide bonds. The Labute approximate surface area is 129 Å². The minimum Gasteiger partial charge on any atom is -0.0999 e. The third kappa shape index (κ3) is 12.8. The molecule has 2 unspecified atom stereocenters. The lowest BCUT2D eigenvalue weighted by molar-refractivity contribution is 0.444. The molecule has 0 aliphatic rings. The van der Waals surface area contributed by atoms with Gasteiger partial charge in [0.2, 0.25) is 0 Å². The molecular weight excluding hydrogens is 240 g/mol. The Kier molecular flexibility index (Phi) is 13.5. The zero-order valence-electron chi connectivity index (χ0n) is 14.8. The Hall–Kier alpha value is -0.260. The van der Waals surface area contributed by atoms with E-state index in [2.05, 4.69) is 34.3 Å². The van der Waals surface area contributed by atoms with Gasteiger partial charge in [0.25, 0.3) is 0 Å². The van der Waals surface area contributed by atoms with Crippen LogP contribution in [0, 0.1) is 11.8 Å². The van der Waals surface area contributed by atoms with E-state index < -0.39 is 0 Å². The quantitative estimate of drug-likeness (QED) is 0.228. The van der Waals surface area contributed by atoms with Crippen molar-refractivity contribution in [2.45, 2.75) is 105 Å². The van der Waals surface area contributed by atoms with E-state index in [-0.39, 0.29) is 0 Å². The number of hydrogen-bond donors (Lipinski definition) is 0. The van der Waals surface area contributed by atoms with E-state index >= 15 is 0 Å². The van der Waals surface area contributed by atoms with Crippen molar-refractivity contribution in [2.24, 2.45) is 11.8 Å². The summed E-state index contributed by atoms with van der Waals surface area (Å²) in [7, 11) is 0. The second kappa shape index (κ2) is 13.7. The molecule has 0 radical (unpaired) electrons. The average molecular weight is 281 g/mol. The van der Waals surface area contributed by atoms with Crippen molar-refractivity contribution >= 4 is 0 Å². The summed E-state index contributed by atoms with van der Waals surface area (Å²) in [6.45, 7) is 13.7. The molecule has 0 aliphatic heterocycles. The van der Waals surface area contributed by atoms with Crippen molar-refractivity contribution in [1.82, 2.24) is 0 Å². The lowest BCUT2D eigenvalue weighted by atomic mass is 9.93. The lowest BCUT2D eigenvalue weighted by Crippen LogP contribution is -1.97. The molecular formula is C20H40. The highest BCUT2D eigenvalue weighted by atomic mass is 14.1. The predicted octanol–water partition coefficient (Wildman–Crippen LogP) is 7.54. The fraction of sp³-hybridized carbons (Fsp3) is 0.900. The van der Waals surface area contributed by atoms with Gasteiger partial charge in [0.15, 0.2) is 0 Å². The van der Waals surface area contributed by atoms with E-state index in [0.717, 1.165) is 11.8 Å². The zero-order chi connectivity index (χ0) is 15.2. The van der Waals surface area contributed by atoms with Crippen LogP contribution in [-0.2, 0) is 0 Å². The molecule has 0 bridgehead atoms. The van der Waals surface area contributed by atoms with E-state index in [1.165, 1.54) is 82.6 Å². The summed E-state index contributed by atoms with van der Waals surface area (Å²) in [6.07, 6.45) is 16.4. The maximum Gasteiger partial charge on any atom is -0.0320 e. The molecule has 0 spiro atoms. The van der Waals surface area contributed by atoms with E-state index in [1.54, 1.807) is 0 Å². The van der Waals surface area contributed by atoms with Gasteiger partial charge in [0.05, 0.1) is 0 Å². The Bertz CT molecular complexity index is 216. The smallest absolute Gasteiger partial charge is 0.0320 e. The molecule has 120 valence electrons. The normalized spacial score (nSPS) is 14.2. The Balaban J connectivity index is 3.44. The molecule has 0 saturated carbocycles. The van der Waals surface area contributed by atoms with Gasteiger partial charge in [0.1, 0.15) is 0 Å². The van der Waals surface area contributed by atoms with E-state index in [1.807, 2.05) is 0 Å². The van der Waals surface area contributed by atoms with Gasteiger partial charge in [-0.1, -0.05) is 91.2 Å². The summed E-state index contributed by atoms with van der Waals surface area (Å²) in [4.78, 5) is 0. The first kappa shape index (κ1) is 19.7. The van der Waals surface area contributed by atoms with Crippen LogP contribution in [0.3, 0.4) is 0 Å². The number of allylic oxidation sites excluding steroid dienone is 1. The summed E-state index contributed by atoms with van der Waals surface area (Å²) >= 11 is 0. The van der Waals surface area contributed by atoms with E-state index in [4.69, 9.17) is 0 Å². The van der Waals surface area contributed by atoms with Crippen LogP contribution in [0.1, 0.15) is 105 Å². The Morgan fingerprint density at radius 1 is 0.700 bits per heavy atom. The van der Waals surface area contributed by atoms with Crippen LogP contribution >= 0.6 is 0 Å². The fourth-order valence-corrected chi connectivity index (χ4v) is 2.84. The molecule has 0 aliphatic carbocycles. The van der Waals surface area contributed by atoms with Gasteiger partial charge >= 0.3 is 0 Å². The van der Waals surface area contributed by atoms with Gasteiger partial charge in [0, 0.05) is 0 Å². The monoisotopic (exact) mass is 280 g/mol. The van der Waals surface area contributed by atoms with Crippen LogP contribution in [0.5, 0.6) is 0 Å². The SMILES string of the molecule is C=C(CCCCC(C)CCCC)CCC(C)CCCC. The zero-order valence-corrected chi connectivity index (χ0v) is 14.8. The Morgan fingerprint density at radius 2 is 1.20 bits per heavy atom. The summed E-state index contributed by atoms with van der Waals surface area (Å²) in [6, 6.07) is 0. The lowest BCUT2D eigenvalue weighted by Gasteiger charge is -2.13. The molecule has 0 fully saturated rings. The van der Waals surface area contributed by atoms with Crippen molar-refractivity contribution < 1.29 is 0 Å². The summed E-state index contributed by atoms with van der Waals surface area (Å²) in [5, 5.41) is 0. The highest BCUT2D eigenvalue weighted by molar-refractivity contribution is 4.93.